The first-order chi connectivity index (χ1) is 4.63. The first-order valence-corrected chi connectivity index (χ1v) is 3.29. The van der Waals surface area contributed by atoms with Crippen molar-refractivity contribution in [2.45, 2.75) is 25.0 Å². The minimum atomic E-state index is -1.02. The third-order valence-electron chi connectivity index (χ3n) is 2.04. The monoisotopic (exact) mass is 145 g/mol. The molecule has 3 atom stereocenters. The maximum Gasteiger partial charge on any atom is 0.320 e. The maximum absolute atomic E-state index is 10.2. The molecule has 0 amide bonds. The van der Waals surface area contributed by atoms with E-state index in [1.807, 2.05) is 0 Å². The van der Waals surface area contributed by atoms with Gasteiger partial charge < -0.3 is 15.9 Å². The molecule has 4 heteroatoms. The van der Waals surface area contributed by atoms with Crippen LogP contribution in [0.15, 0.2) is 0 Å². The van der Waals surface area contributed by atoms with Crippen LogP contribution in [0.1, 0.15) is 12.8 Å². The van der Waals surface area contributed by atoms with Gasteiger partial charge in [-0.3, -0.25) is 4.79 Å². The molecule has 0 radical (unpaired) electrons. The number of rotatable bonds is 2. The highest BCUT2D eigenvalue weighted by molar-refractivity contribution is 5.73. The average Bonchev–Trinajstić information content (AvgIpc) is 1.84. The molecule has 0 saturated heterocycles. The molecule has 4 N–H and O–H groups in total. The molecule has 4 nitrogen and oxygen atoms in total. The standard InChI is InChI=1S/C6H11NO3/c7-5(6(9)10)3-1-2-4(3)8/h3-5,8H,1-2,7H2,(H,9,10)/t3?,4?,5-/m1/s1. The van der Waals surface area contributed by atoms with Crippen LogP contribution >= 0.6 is 0 Å². The summed E-state index contributed by atoms with van der Waals surface area (Å²) in [5.41, 5.74) is 5.25. The highest BCUT2D eigenvalue weighted by Gasteiger charge is 2.37. The van der Waals surface area contributed by atoms with E-state index in [0.29, 0.717) is 6.42 Å². The largest absolute Gasteiger partial charge is 0.480 e. The predicted octanol–water partition coefficient (Wildman–Crippen LogP) is -0.831. The summed E-state index contributed by atoms with van der Waals surface area (Å²) in [6.07, 6.45) is 0.923. The van der Waals surface area contributed by atoms with Crippen LogP contribution in [-0.4, -0.2) is 28.3 Å². The Labute approximate surface area is 58.6 Å². The summed E-state index contributed by atoms with van der Waals surface area (Å²) in [5.74, 6) is -1.25. The lowest BCUT2D eigenvalue weighted by molar-refractivity contribution is -0.143. The molecular weight excluding hydrogens is 134 g/mol. The van der Waals surface area contributed by atoms with Crippen molar-refractivity contribution in [2.24, 2.45) is 11.7 Å². The lowest BCUT2D eigenvalue weighted by Gasteiger charge is -2.34. The summed E-state index contributed by atoms with van der Waals surface area (Å²) in [4.78, 5) is 10.2. The third kappa shape index (κ3) is 1.12. The van der Waals surface area contributed by atoms with Crippen LogP contribution in [0.5, 0.6) is 0 Å². The fraction of sp³-hybridized carbons (Fsp3) is 0.833. The highest BCUT2D eigenvalue weighted by atomic mass is 16.4. The van der Waals surface area contributed by atoms with Gasteiger partial charge in [-0.25, -0.2) is 0 Å². The molecule has 1 saturated carbocycles. The fourth-order valence-electron chi connectivity index (χ4n) is 1.11. The minimum absolute atomic E-state index is 0.225. The van der Waals surface area contributed by atoms with Crippen LogP contribution in [0.4, 0.5) is 0 Å². The van der Waals surface area contributed by atoms with E-state index >= 15 is 0 Å². The Kier molecular flexibility index (Phi) is 1.92. The zero-order chi connectivity index (χ0) is 7.72. The van der Waals surface area contributed by atoms with Gasteiger partial charge in [0.1, 0.15) is 6.04 Å². The number of aliphatic hydroxyl groups is 1. The molecule has 1 aliphatic rings. The lowest BCUT2D eigenvalue weighted by atomic mass is 9.77. The van der Waals surface area contributed by atoms with E-state index in [9.17, 15) is 4.79 Å². The van der Waals surface area contributed by atoms with Gasteiger partial charge in [0.25, 0.3) is 0 Å². The topological polar surface area (TPSA) is 83.6 Å². The molecule has 1 aliphatic carbocycles. The average molecular weight is 145 g/mol. The van der Waals surface area contributed by atoms with Gasteiger partial charge >= 0.3 is 5.97 Å². The fourth-order valence-corrected chi connectivity index (χ4v) is 1.11. The Morgan fingerprint density at radius 1 is 1.60 bits per heavy atom. The molecule has 10 heavy (non-hydrogen) atoms. The van der Waals surface area contributed by atoms with E-state index in [1.54, 1.807) is 0 Å². The van der Waals surface area contributed by atoms with Gasteiger partial charge in [0, 0.05) is 5.92 Å². The van der Waals surface area contributed by atoms with Gasteiger partial charge in [-0.05, 0) is 12.8 Å². The van der Waals surface area contributed by atoms with Crippen LogP contribution in [0.3, 0.4) is 0 Å². The molecule has 0 aromatic rings. The second-order valence-corrected chi connectivity index (χ2v) is 2.67. The number of carboxylic acids is 1. The van der Waals surface area contributed by atoms with Crippen molar-refractivity contribution in [2.75, 3.05) is 0 Å². The van der Waals surface area contributed by atoms with Gasteiger partial charge in [0.05, 0.1) is 6.10 Å². The van der Waals surface area contributed by atoms with E-state index in [1.165, 1.54) is 0 Å². The molecule has 58 valence electrons. The molecule has 1 rings (SSSR count). The van der Waals surface area contributed by atoms with E-state index in [4.69, 9.17) is 15.9 Å². The number of hydrogen-bond donors (Lipinski definition) is 3. The summed E-state index contributed by atoms with van der Waals surface area (Å²) < 4.78 is 0. The Hall–Kier alpha value is -0.610. The summed E-state index contributed by atoms with van der Waals surface area (Å²) in [6.45, 7) is 0. The molecule has 0 heterocycles. The second-order valence-electron chi connectivity index (χ2n) is 2.67. The van der Waals surface area contributed by atoms with E-state index < -0.39 is 18.1 Å². The molecule has 0 spiro atoms. The highest BCUT2D eigenvalue weighted by Crippen LogP contribution is 2.29. The van der Waals surface area contributed by atoms with E-state index in [-0.39, 0.29) is 5.92 Å². The number of carboxylic acid groups (broad SMARTS) is 1. The molecule has 0 aromatic heterocycles. The van der Waals surface area contributed by atoms with Gasteiger partial charge in [-0.1, -0.05) is 0 Å². The zero-order valence-electron chi connectivity index (χ0n) is 5.53. The first-order valence-electron chi connectivity index (χ1n) is 3.29. The van der Waals surface area contributed by atoms with Crippen molar-refractivity contribution >= 4 is 5.97 Å². The minimum Gasteiger partial charge on any atom is -0.480 e. The Balaban J connectivity index is 2.41. The molecular formula is C6H11NO3. The zero-order valence-corrected chi connectivity index (χ0v) is 5.53. The molecule has 0 aromatic carbocycles. The smallest absolute Gasteiger partial charge is 0.320 e. The first kappa shape index (κ1) is 7.50. The van der Waals surface area contributed by atoms with Gasteiger partial charge in [-0.15, -0.1) is 0 Å². The van der Waals surface area contributed by atoms with Gasteiger partial charge in [0.2, 0.25) is 0 Å². The Morgan fingerprint density at radius 2 is 2.20 bits per heavy atom. The van der Waals surface area contributed by atoms with E-state index in [0.717, 1.165) is 6.42 Å². The summed E-state index contributed by atoms with van der Waals surface area (Å²) >= 11 is 0. The molecule has 1 fully saturated rings. The number of hydrogen-bond acceptors (Lipinski definition) is 3. The van der Waals surface area contributed by atoms with Crippen molar-refractivity contribution < 1.29 is 15.0 Å². The molecule has 2 unspecified atom stereocenters. The number of nitrogens with two attached hydrogens (primary N) is 1. The summed E-state index contributed by atoms with van der Waals surface area (Å²) in [6, 6.07) is -0.885. The Bertz CT molecular complexity index is 148. The van der Waals surface area contributed by atoms with Crippen molar-refractivity contribution in [1.29, 1.82) is 0 Å². The second kappa shape index (κ2) is 2.56. The summed E-state index contributed by atoms with van der Waals surface area (Å²) in [7, 11) is 0. The lowest BCUT2D eigenvalue weighted by Crippen LogP contribution is -2.48. The van der Waals surface area contributed by atoms with E-state index in [2.05, 4.69) is 0 Å². The third-order valence-corrected chi connectivity index (χ3v) is 2.04. The number of aliphatic carboxylic acids is 1. The Morgan fingerprint density at radius 3 is 2.30 bits per heavy atom. The van der Waals surface area contributed by atoms with Crippen molar-refractivity contribution in [3.05, 3.63) is 0 Å². The van der Waals surface area contributed by atoms with Crippen LogP contribution < -0.4 is 5.73 Å². The number of carbonyl (C=O) groups is 1. The van der Waals surface area contributed by atoms with Crippen LogP contribution in [0.2, 0.25) is 0 Å². The number of aliphatic hydroxyl groups excluding tert-OH is 1. The van der Waals surface area contributed by atoms with Crippen molar-refractivity contribution in [3.8, 4) is 0 Å². The predicted molar refractivity (Wildman–Crippen MR) is 34.3 cm³/mol. The molecule has 0 bridgehead atoms. The van der Waals surface area contributed by atoms with Crippen molar-refractivity contribution in [3.63, 3.8) is 0 Å². The van der Waals surface area contributed by atoms with Crippen LogP contribution in [-0.2, 0) is 4.79 Å². The SMILES string of the molecule is N[C@@H](C(=O)O)C1CCC1O. The quantitative estimate of drug-likeness (QED) is 0.473. The normalized spacial score (nSPS) is 34.6. The summed E-state index contributed by atoms with van der Waals surface area (Å²) in [5, 5.41) is 17.4. The van der Waals surface area contributed by atoms with Crippen molar-refractivity contribution in [1.82, 2.24) is 0 Å². The van der Waals surface area contributed by atoms with Gasteiger partial charge in [-0.2, -0.15) is 0 Å². The van der Waals surface area contributed by atoms with Crippen LogP contribution in [0, 0.1) is 5.92 Å². The maximum atomic E-state index is 10.2. The van der Waals surface area contributed by atoms with Gasteiger partial charge in [0.15, 0.2) is 0 Å². The van der Waals surface area contributed by atoms with Crippen LogP contribution in [0.25, 0.3) is 0 Å². The molecule has 0 aliphatic heterocycles.